The van der Waals surface area contributed by atoms with Crippen LogP contribution in [0.3, 0.4) is 0 Å². The summed E-state index contributed by atoms with van der Waals surface area (Å²) in [6, 6.07) is 5.30. The molecule has 0 fully saturated rings. The van der Waals surface area contributed by atoms with Gasteiger partial charge in [-0.2, -0.15) is 4.37 Å². The van der Waals surface area contributed by atoms with Crippen molar-refractivity contribution in [2.45, 2.75) is 40.3 Å². The average molecular weight is 372 g/mol. The van der Waals surface area contributed by atoms with E-state index in [2.05, 4.69) is 9.69 Å². The first-order valence-corrected chi connectivity index (χ1v) is 9.09. The molecule has 0 aliphatic heterocycles. The molecule has 3 rings (SSSR count). The minimum atomic E-state index is -0.507. The Morgan fingerprint density at radius 1 is 1.23 bits per heavy atom. The lowest BCUT2D eigenvalue weighted by atomic mass is 10.1. The fraction of sp³-hybridized carbons (Fsp3) is 0.333. The van der Waals surface area contributed by atoms with Crippen molar-refractivity contribution in [3.05, 3.63) is 55.5 Å². The number of amides is 1. The van der Waals surface area contributed by atoms with Crippen LogP contribution in [-0.4, -0.2) is 19.4 Å². The Bertz CT molecular complexity index is 1110. The highest BCUT2D eigenvalue weighted by Crippen LogP contribution is 2.15. The second-order valence-corrected chi connectivity index (χ2v) is 7.16. The lowest BCUT2D eigenvalue weighted by Crippen LogP contribution is -2.42. The molecule has 0 saturated heterocycles. The molecule has 1 aromatic carbocycles. The molecule has 2 heterocycles. The summed E-state index contributed by atoms with van der Waals surface area (Å²) in [5, 5.41) is 4.42. The van der Waals surface area contributed by atoms with Crippen molar-refractivity contribution in [2.75, 3.05) is 5.32 Å². The Hall–Kier alpha value is -2.74. The molecule has 0 atom stereocenters. The largest absolute Gasteiger partial charge is 0.332 e. The zero-order chi connectivity index (χ0) is 19.0. The van der Waals surface area contributed by atoms with Crippen LogP contribution in [0, 0.1) is 13.8 Å². The van der Waals surface area contributed by atoms with Crippen molar-refractivity contribution in [3.8, 4) is 0 Å². The molecule has 26 heavy (non-hydrogen) atoms. The molecule has 0 unspecified atom stereocenters. The van der Waals surface area contributed by atoms with Gasteiger partial charge in [-0.25, -0.2) is 4.79 Å². The molecule has 0 aliphatic rings. The van der Waals surface area contributed by atoms with Crippen LogP contribution in [0.2, 0.25) is 0 Å². The smallest absolute Gasteiger partial charge is 0.325 e. The third-order valence-corrected chi connectivity index (χ3v) is 4.93. The van der Waals surface area contributed by atoms with Gasteiger partial charge in [0.15, 0.2) is 5.52 Å². The van der Waals surface area contributed by atoms with Crippen molar-refractivity contribution < 1.29 is 4.79 Å². The first-order valence-electron chi connectivity index (χ1n) is 8.26. The van der Waals surface area contributed by atoms with Gasteiger partial charge in [0.1, 0.15) is 6.54 Å². The summed E-state index contributed by atoms with van der Waals surface area (Å²) in [7, 11) is 0. The maximum atomic E-state index is 12.8. The number of hydrogen-bond acceptors (Lipinski definition) is 5. The fourth-order valence-electron chi connectivity index (χ4n) is 2.78. The van der Waals surface area contributed by atoms with E-state index in [0.29, 0.717) is 11.2 Å². The third kappa shape index (κ3) is 3.20. The van der Waals surface area contributed by atoms with E-state index >= 15 is 0 Å². The molecule has 3 aromatic rings. The van der Waals surface area contributed by atoms with Crippen LogP contribution in [-0.2, 0) is 11.3 Å². The van der Waals surface area contributed by atoms with Gasteiger partial charge in [-0.3, -0.25) is 18.7 Å². The molecule has 0 bridgehead atoms. The molecule has 0 radical (unpaired) electrons. The first kappa shape index (κ1) is 18.1. The number of nitrogens with one attached hydrogen (secondary N) is 1. The summed E-state index contributed by atoms with van der Waals surface area (Å²) < 4.78 is 6.53. The molecular weight excluding hydrogens is 352 g/mol. The highest BCUT2D eigenvalue weighted by atomic mass is 32.1. The van der Waals surface area contributed by atoms with Crippen LogP contribution in [0.5, 0.6) is 0 Å². The molecule has 7 nitrogen and oxygen atoms in total. The van der Waals surface area contributed by atoms with E-state index in [1.807, 2.05) is 32.0 Å². The molecule has 0 aliphatic carbocycles. The number of nitrogens with zero attached hydrogens (tertiary/aromatic N) is 3. The van der Waals surface area contributed by atoms with Gasteiger partial charge >= 0.3 is 5.69 Å². The zero-order valence-electron chi connectivity index (χ0n) is 15.1. The Morgan fingerprint density at radius 3 is 2.62 bits per heavy atom. The predicted octanol–water partition coefficient (Wildman–Crippen LogP) is 2.46. The van der Waals surface area contributed by atoms with Gasteiger partial charge in [-0.05, 0) is 62.5 Å². The molecule has 136 valence electrons. The summed E-state index contributed by atoms with van der Waals surface area (Å²) in [6.45, 7) is 7.28. The predicted molar refractivity (Wildman–Crippen MR) is 103 cm³/mol. The topological polar surface area (TPSA) is 86.0 Å². The second-order valence-electron chi connectivity index (χ2n) is 6.53. The van der Waals surface area contributed by atoms with E-state index in [1.165, 1.54) is 4.57 Å². The van der Waals surface area contributed by atoms with Gasteiger partial charge in [0.05, 0.1) is 5.52 Å². The van der Waals surface area contributed by atoms with Crippen LogP contribution >= 0.6 is 11.5 Å². The molecular formula is C18H20N4O3S. The highest BCUT2D eigenvalue weighted by molar-refractivity contribution is 7.04. The summed E-state index contributed by atoms with van der Waals surface area (Å²) in [5.74, 6) is -0.336. The van der Waals surface area contributed by atoms with Gasteiger partial charge in [-0.1, -0.05) is 6.07 Å². The zero-order valence-corrected chi connectivity index (χ0v) is 15.9. The number of aryl methyl sites for hydroxylation is 2. The van der Waals surface area contributed by atoms with Gasteiger partial charge < -0.3 is 5.32 Å². The number of anilines is 1. The number of rotatable bonds is 4. The summed E-state index contributed by atoms with van der Waals surface area (Å²) in [6.07, 6.45) is 0. The number of carbonyl (C=O) groups is 1. The van der Waals surface area contributed by atoms with E-state index in [9.17, 15) is 14.4 Å². The maximum absolute atomic E-state index is 12.8. The number of hydrogen-bond donors (Lipinski definition) is 1. The SMILES string of the molecule is Cc1ccc(NC(=O)Cn2c(=O)n(C(C)C)c(=O)c3nscc32)cc1C. The van der Waals surface area contributed by atoms with Crippen LogP contribution in [0.25, 0.3) is 11.0 Å². The minimum absolute atomic E-state index is 0.187. The molecule has 0 saturated carbocycles. The maximum Gasteiger partial charge on any atom is 0.332 e. The van der Waals surface area contributed by atoms with E-state index in [0.717, 1.165) is 27.2 Å². The van der Waals surface area contributed by atoms with Crippen LogP contribution in [0.15, 0.2) is 33.2 Å². The monoisotopic (exact) mass is 372 g/mol. The first-order chi connectivity index (χ1) is 12.3. The molecule has 2 aromatic heterocycles. The number of carbonyl (C=O) groups excluding carboxylic acids is 1. The molecule has 0 spiro atoms. The minimum Gasteiger partial charge on any atom is -0.325 e. The molecule has 1 amide bonds. The summed E-state index contributed by atoms with van der Waals surface area (Å²) in [5.41, 5.74) is 2.54. The quantitative estimate of drug-likeness (QED) is 0.762. The summed E-state index contributed by atoms with van der Waals surface area (Å²) >= 11 is 1.09. The standard InChI is InChI=1S/C18H20N4O3S/c1-10(2)22-17(24)16-14(9-26-20-16)21(18(22)25)8-15(23)19-13-6-5-11(3)12(4)7-13/h5-7,9-10H,8H2,1-4H3,(H,19,23). The third-order valence-electron chi connectivity index (χ3n) is 4.31. The van der Waals surface area contributed by atoms with Crippen molar-refractivity contribution in [2.24, 2.45) is 0 Å². The fourth-order valence-corrected chi connectivity index (χ4v) is 3.45. The summed E-state index contributed by atoms with van der Waals surface area (Å²) in [4.78, 5) is 37.7. The highest BCUT2D eigenvalue weighted by Gasteiger charge is 2.18. The van der Waals surface area contributed by atoms with Crippen molar-refractivity contribution in [1.82, 2.24) is 13.5 Å². The Kier molecular flexibility index (Phi) is 4.78. The number of fused-ring (bicyclic) bond motifs is 1. The van der Waals surface area contributed by atoms with Crippen molar-refractivity contribution in [1.29, 1.82) is 0 Å². The van der Waals surface area contributed by atoms with Crippen molar-refractivity contribution in [3.63, 3.8) is 0 Å². The molecule has 8 heteroatoms. The van der Waals surface area contributed by atoms with Crippen LogP contribution in [0.4, 0.5) is 5.69 Å². The normalized spacial score (nSPS) is 11.3. The molecule has 1 N–H and O–H groups in total. The Morgan fingerprint density at radius 2 is 1.96 bits per heavy atom. The van der Waals surface area contributed by atoms with Crippen LogP contribution < -0.4 is 16.6 Å². The second kappa shape index (κ2) is 6.87. The van der Waals surface area contributed by atoms with E-state index in [-0.39, 0.29) is 24.0 Å². The van der Waals surface area contributed by atoms with Gasteiger partial charge in [0.2, 0.25) is 5.91 Å². The van der Waals surface area contributed by atoms with E-state index in [1.54, 1.807) is 19.2 Å². The van der Waals surface area contributed by atoms with Gasteiger partial charge in [0.25, 0.3) is 5.56 Å². The lowest BCUT2D eigenvalue weighted by Gasteiger charge is -2.14. The van der Waals surface area contributed by atoms with E-state index < -0.39 is 11.2 Å². The van der Waals surface area contributed by atoms with Crippen LogP contribution in [0.1, 0.15) is 31.0 Å². The van der Waals surface area contributed by atoms with Crippen molar-refractivity contribution >= 4 is 34.2 Å². The lowest BCUT2D eigenvalue weighted by molar-refractivity contribution is -0.116. The Labute approximate surface area is 154 Å². The number of aromatic nitrogens is 3. The van der Waals surface area contributed by atoms with Gasteiger partial charge in [0, 0.05) is 17.1 Å². The van der Waals surface area contributed by atoms with Gasteiger partial charge in [-0.15, -0.1) is 0 Å². The number of benzene rings is 1. The Balaban J connectivity index is 1.99. The average Bonchev–Trinajstić information content (AvgIpc) is 3.04. The van der Waals surface area contributed by atoms with E-state index in [4.69, 9.17) is 0 Å².